The average Bonchev–Trinajstić information content (AvgIpc) is 2.22. The van der Waals surface area contributed by atoms with Crippen molar-refractivity contribution in [1.29, 1.82) is 0 Å². The lowest BCUT2D eigenvalue weighted by Gasteiger charge is -1.89. The fraction of sp³-hybridized carbons (Fsp3) is 0.417. The summed E-state index contributed by atoms with van der Waals surface area (Å²) in [5.74, 6) is -0.211. The molecule has 3 heteroatoms. The van der Waals surface area contributed by atoms with Crippen LogP contribution in [-0.4, -0.2) is 24.3 Å². The predicted molar refractivity (Wildman–Crippen MR) is 61.5 cm³/mol. The van der Waals surface area contributed by atoms with Gasteiger partial charge in [-0.15, -0.1) is 0 Å². The number of aliphatic hydroxyl groups is 1. The van der Waals surface area contributed by atoms with E-state index in [1.54, 1.807) is 13.8 Å². The number of esters is 1. The van der Waals surface area contributed by atoms with Crippen LogP contribution in [0.1, 0.15) is 20.8 Å². The standard InChI is InChI=1S/C6H6.C4H8O2.C2H6O/c1-2-4-6-5-3-1;1-3-6-4(2)5;1-2-3/h1-6H;3H2,1-2H3;3H,2H2,1H3. The van der Waals surface area contributed by atoms with Gasteiger partial charge in [-0.1, -0.05) is 36.4 Å². The van der Waals surface area contributed by atoms with Gasteiger partial charge in [0.15, 0.2) is 0 Å². The summed E-state index contributed by atoms with van der Waals surface area (Å²) >= 11 is 0. The van der Waals surface area contributed by atoms with Crippen molar-refractivity contribution in [1.82, 2.24) is 0 Å². The number of hydrogen-bond acceptors (Lipinski definition) is 3. The molecule has 0 aliphatic carbocycles. The number of aliphatic hydroxyl groups excluding tert-OH is 1. The van der Waals surface area contributed by atoms with Gasteiger partial charge in [0.25, 0.3) is 0 Å². The maximum absolute atomic E-state index is 9.82. The lowest BCUT2D eigenvalue weighted by molar-refractivity contribution is -0.140. The van der Waals surface area contributed by atoms with Crippen molar-refractivity contribution in [2.45, 2.75) is 20.8 Å². The minimum absolute atomic E-state index is 0.211. The molecule has 3 nitrogen and oxygen atoms in total. The molecule has 1 aromatic rings. The van der Waals surface area contributed by atoms with Crippen LogP contribution in [0.2, 0.25) is 0 Å². The molecule has 0 saturated carbocycles. The van der Waals surface area contributed by atoms with Crippen LogP contribution in [-0.2, 0) is 9.53 Å². The van der Waals surface area contributed by atoms with Crippen molar-refractivity contribution >= 4 is 5.97 Å². The molecule has 0 unspecified atom stereocenters. The van der Waals surface area contributed by atoms with E-state index < -0.39 is 0 Å². The largest absolute Gasteiger partial charge is 0.466 e. The first-order valence-corrected chi connectivity index (χ1v) is 4.93. The topological polar surface area (TPSA) is 46.5 Å². The Morgan fingerprint density at radius 2 is 1.33 bits per heavy atom. The molecule has 0 bridgehead atoms. The minimum atomic E-state index is -0.211. The van der Waals surface area contributed by atoms with E-state index in [1.165, 1.54) is 6.92 Å². The van der Waals surface area contributed by atoms with Crippen molar-refractivity contribution < 1.29 is 14.6 Å². The molecule has 0 radical (unpaired) electrons. The molecular weight excluding hydrogens is 192 g/mol. The maximum Gasteiger partial charge on any atom is 0.302 e. The van der Waals surface area contributed by atoms with Crippen LogP contribution in [0.3, 0.4) is 0 Å². The highest BCUT2D eigenvalue weighted by Gasteiger charge is 1.81. The number of carbonyl (C=O) groups is 1. The predicted octanol–water partition coefficient (Wildman–Crippen LogP) is 2.25. The summed E-state index contributed by atoms with van der Waals surface area (Å²) in [5.41, 5.74) is 0. The van der Waals surface area contributed by atoms with Crippen molar-refractivity contribution in [2.24, 2.45) is 0 Å². The van der Waals surface area contributed by atoms with Crippen LogP contribution >= 0.6 is 0 Å². The van der Waals surface area contributed by atoms with Gasteiger partial charge in [0, 0.05) is 13.5 Å². The Kier molecular flexibility index (Phi) is 16.2. The van der Waals surface area contributed by atoms with E-state index in [0.29, 0.717) is 6.61 Å². The average molecular weight is 212 g/mol. The zero-order valence-corrected chi connectivity index (χ0v) is 9.64. The molecule has 1 rings (SSSR count). The summed E-state index contributed by atoms with van der Waals surface area (Å²) < 4.78 is 4.40. The molecular formula is C12H20O3. The Morgan fingerprint density at radius 3 is 1.40 bits per heavy atom. The normalized spacial score (nSPS) is 7.47. The van der Waals surface area contributed by atoms with E-state index in [4.69, 9.17) is 5.11 Å². The van der Waals surface area contributed by atoms with Crippen LogP contribution in [0.25, 0.3) is 0 Å². The molecule has 0 aromatic heterocycles. The quantitative estimate of drug-likeness (QED) is 0.726. The molecule has 0 saturated heterocycles. The third-order valence-corrected chi connectivity index (χ3v) is 1.01. The SMILES string of the molecule is CCO.CCOC(C)=O.c1ccccc1. The van der Waals surface area contributed by atoms with Crippen LogP contribution in [0.15, 0.2) is 36.4 Å². The van der Waals surface area contributed by atoms with Crippen LogP contribution in [0.5, 0.6) is 0 Å². The highest BCUT2D eigenvalue weighted by Crippen LogP contribution is 1.79. The van der Waals surface area contributed by atoms with Crippen LogP contribution in [0, 0.1) is 0 Å². The van der Waals surface area contributed by atoms with Gasteiger partial charge in [-0.25, -0.2) is 0 Å². The van der Waals surface area contributed by atoms with E-state index in [9.17, 15) is 4.79 Å². The molecule has 0 fully saturated rings. The van der Waals surface area contributed by atoms with Gasteiger partial charge in [-0.2, -0.15) is 0 Å². The molecule has 0 atom stereocenters. The van der Waals surface area contributed by atoms with Crippen molar-refractivity contribution in [3.8, 4) is 0 Å². The molecule has 15 heavy (non-hydrogen) atoms. The summed E-state index contributed by atoms with van der Waals surface area (Å²) in [6, 6.07) is 12.0. The van der Waals surface area contributed by atoms with Crippen LogP contribution < -0.4 is 0 Å². The summed E-state index contributed by atoms with van der Waals surface area (Å²) in [6.45, 7) is 5.58. The Hall–Kier alpha value is -1.35. The van der Waals surface area contributed by atoms with Crippen molar-refractivity contribution in [3.05, 3.63) is 36.4 Å². The Labute approximate surface area is 91.7 Å². The summed E-state index contributed by atoms with van der Waals surface area (Å²) in [5, 5.41) is 7.57. The third-order valence-electron chi connectivity index (χ3n) is 1.01. The van der Waals surface area contributed by atoms with Crippen LogP contribution in [0.4, 0.5) is 0 Å². The lowest BCUT2D eigenvalue weighted by atomic mass is 10.4. The second kappa shape index (κ2) is 15.1. The fourth-order valence-corrected chi connectivity index (χ4v) is 0.588. The summed E-state index contributed by atoms with van der Waals surface area (Å²) in [6.07, 6.45) is 0. The van der Waals surface area contributed by atoms with E-state index in [1.807, 2.05) is 36.4 Å². The van der Waals surface area contributed by atoms with Gasteiger partial charge in [-0.05, 0) is 13.8 Å². The van der Waals surface area contributed by atoms with Gasteiger partial charge < -0.3 is 9.84 Å². The van der Waals surface area contributed by atoms with Gasteiger partial charge >= 0.3 is 5.97 Å². The third kappa shape index (κ3) is 24.5. The van der Waals surface area contributed by atoms with E-state index in [0.717, 1.165) is 0 Å². The maximum atomic E-state index is 9.82. The van der Waals surface area contributed by atoms with E-state index in [2.05, 4.69) is 4.74 Å². The molecule has 0 aliphatic rings. The van der Waals surface area contributed by atoms with Gasteiger partial charge in [-0.3, -0.25) is 4.79 Å². The fourth-order valence-electron chi connectivity index (χ4n) is 0.588. The highest BCUT2D eigenvalue weighted by atomic mass is 16.5. The second-order valence-electron chi connectivity index (χ2n) is 2.40. The zero-order chi connectivity index (χ0) is 11.9. The molecule has 1 N–H and O–H groups in total. The monoisotopic (exact) mass is 212 g/mol. The summed E-state index contributed by atoms with van der Waals surface area (Å²) in [7, 11) is 0. The number of carbonyl (C=O) groups excluding carboxylic acids is 1. The first kappa shape index (κ1) is 16.1. The van der Waals surface area contributed by atoms with Crippen molar-refractivity contribution in [3.63, 3.8) is 0 Å². The van der Waals surface area contributed by atoms with E-state index in [-0.39, 0.29) is 12.6 Å². The molecule has 0 heterocycles. The Balaban J connectivity index is 0. The summed E-state index contributed by atoms with van der Waals surface area (Å²) in [4.78, 5) is 9.82. The second-order valence-corrected chi connectivity index (χ2v) is 2.40. The smallest absolute Gasteiger partial charge is 0.302 e. The Bertz CT molecular complexity index is 183. The van der Waals surface area contributed by atoms with Gasteiger partial charge in [0.1, 0.15) is 0 Å². The lowest BCUT2D eigenvalue weighted by Crippen LogP contribution is -1.95. The van der Waals surface area contributed by atoms with Crippen molar-refractivity contribution in [2.75, 3.05) is 13.2 Å². The minimum Gasteiger partial charge on any atom is -0.466 e. The number of benzene rings is 1. The number of hydrogen-bond donors (Lipinski definition) is 1. The number of ether oxygens (including phenoxy) is 1. The van der Waals surface area contributed by atoms with Gasteiger partial charge in [0.05, 0.1) is 6.61 Å². The number of rotatable bonds is 1. The zero-order valence-electron chi connectivity index (χ0n) is 9.64. The molecule has 0 amide bonds. The first-order chi connectivity index (χ1) is 7.18. The highest BCUT2D eigenvalue weighted by molar-refractivity contribution is 5.65. The van der Waals surface area contributed by atoms with E-state index >= 15 is 0 Å². The first-order valence-electron chi connectivity index (χ1n) is 4.93. The molecule has 86 valence electrons. The Morgan fingerprint density at radius 1 is 1.07 bits per heavy atom. The molecule has 1 aromatic carbocycles. The molecule has 0 spiro atoms. The molecule has 0 aliphatic heterocycles. The van der Waals surface area contributed by atoms with Gasteiger partial charge in [0.2, 0.25) is 0 Å².